The number of nitrogens with zero attached hydrogens (tertiary/aromatic N) is 4. The van der Waals surface area contributed by atoms with Gasteiger partial charge in [0.2, 0.25) is 23.5 Å². The van der Waals surface area contributed by atoms with Gasteiger partial charge in [-0.25, -0.2) is 0 Å². The van der Waals surface area contributed by atoms with Crippen LogP contribution in [0.3, 0.4) is 0 Å². The molecule has 0 spiro atoms. The average Bonchev–Trinajstić information content (AvgIpc) is 3.28. The Morgan fingerprint density at radius 2 is 0.984 bits per heavy atom. The predicted octanol–water partition coefficient (Wildman–Crippen LogP) is 9.30. The molecular weight excluding hydrogens is 948 g/mol. The number of aromatic nitrogens is 4. The number of aliphatic carboxylic acids is 2. The van der Waals surface area contributed by atoms with Crippen molar-refractivity contribution in [1.29, 1.82) is 0 Å². The first kappa shape index (κ1) is 47.5. The monoisotopic (exact) mass is 996 g/mol. The molecule has 4 heterocycles. The van der Waals surface area contributed by atoms with Gasteiger partial charge in [0.25, 0.3) is 0 Å². The molecule has 4 aromatic heterocycles. The van der Waals surface area contributed by atoms with Gasteiger partial charge in [0, 0.05) is 73.0 Å². The molecular formula is C48H50Br2N6O8. The van der Waals surface area contributed by atoms with Gasteiger partial charge in [-0.1, -0.05) is 48.5 Å². The maximum atomic E-state index is 11.0. The third-order valence-electron chi connectivity index (χ3n) is 10.2. The molecule has 0 saturated heterocycles. The Labute approximate surface area is 389 Å². The summed E-state index contributed by atoms with van der Waals surface area (Å²) in [5.41, 5.74) is 9.57. The number of pyridine rings is 4. The molecule has 0 fully saturated rings. The number of benzene rings is 2. The van der Waals surface area contributed by atoms with E-state index in [0.717, 1.165) is 55.6 Å². The molecule has 0 bridgehead atoms. The lowest BCUT2D eigenvalue weighted by Crippen LogP contribution is -2.17. The van der Waals surface area contributed by atoms with Gasteiger partial charge in [-0.15, -0.1) is 0 Å². The van der Waals surface area contributed by atoms with E-state index >= 15 is 0 Å². The predicted molar refractivity (Wildman–Crippen MR) is 248 cm³/mol. The minimum Gasteiger partial charge on any atom is -0.481 e. The molecule has 0 radical (unpaired) electrons. The fraction of sp³-hybridized carbons (Fsp3) is 0.292. The number of carboxylic acids is 2. The highest BCUT2D eigenvalue weighted by atomic mass is 79.9. The van der Waals surface area contributed by atoms with Gasteiger partial charge in [0.1, 0.15) is 26.4 Å². The van der Waals surface area contributed by atoms with E-state index in [4.69, 9.17) is 39.1 Å². The zero-order valence-corrected chi connectivity index (χ0v) is 38.8. The van der Waals surface area contributed by atoms with Gasteiger partial charge in [0.15, 0.2) is 0 Å². The van der Waals surface area contributed by atoms with Gasteiger partial charge in [0.05, 0.1) is 8.95 Å². The number of nitrogens with one attached hydrogen (secondary N) is 2. The van der Waals surface area contributed by atoms with Gasteiger partial charge < -0.3 is 39.8 Å². The van der Waals surface area contributed by atoms with Crippen molar-refractivity contribution < 1.29 is 38.7 Å². The summed E-state index contributed by atoms with van der Waals surface area (Å²) in [6, 6.07) is 23.7. The summed E-state index contributed by atoms with van der Waals surface area (Å²) in [6.45, 7) is 7.10. The van der Waals surface area contributed by atoms with E-state index < -0.39 is 11.9 Å². The first-order valence-corrected chi connectivity index (χ1v) is 22.3. The molecule has 0 aliphatic heterocycles. The Morgan fingerprint density at radius 3 is 1.38 bits per heavy atom. The number of rotatable bonds is 25. The molecule has 6 aromatic rings. The molecule has 2 aromatic carbocycles. The van der Waals surface area contributed by atoms with Crippen LogP contribution in [0.15, 0.2) is 107 Å². The molecule has 0 aliphatic rings. The van der Waals surface area contributed by atoms with E-state index in [1.165, 1.54) is 0 Å². The Bertz CT molecular complexity index is 2330. The van der Waals surface area contributed by atoms with Crippen molar-refractivity contribution in [2.45, 2.75) is 79.0 Å². The number of carbonyl (C=O) groups is 2. The quantitative estimate of drug-likeness (QED) is 0.0398. The van der Waals surface area contributed by atoms with Gasteiger partial charge in [-0.3, -0.25) is 19.6 Å². The first-order valence-electron chi connectivity index (χ1n) is 20.8. The van der Waals surface area contributed by atoms with E-state index in [2.05, 4.69) is 78.4 Å². The molecule has 64 heavy (non-hydrogen) atoms. The van der Waals surface area contributed by atoms with Crippen LogP contribution < -0.4 is 29.6 Å². The van der Waals surface area contributed by atoms with Crippen molar-refractivity contribution in [3.63, 3.8) is 0 Å². The Hall–Kier alpha value is -5.94. The summed E-state index contributed by atoms with van der Waals surface area (Å²) in [4.78, 5) is 39.9. The number of hydrogen-bond acceptors (Lipinski definition) is 12. The average molecular weight is 999 g/mol. The van der Waals surface area contributed by atoms with E-state index in [9.17, 15) is 9.59 Å². The molecule has 0 aliphatic carbocycles. The van der Waals surface area contributed by atoms with Gasteiger partial charge in [-0.2, -0.15) is 9.97 Å². The third-order valence-corrected chi connectivity index (χ3v) is 11.3. The maximum absolute atomic E-state index is 11.0. The zero-order valence-electron chi connectivity index (χ0n) is 35.6. The van der Waals surface area contributed by atoms with Crippen LogP contribution in [0, 0.1) is 13.8 Å². The number of hydrogen-bond donors (Lipinski definition) is 4. The second-order valence-electron chi connectivity index (χ2n) is 14.9. The first-order chi connectivity index (χ1) is 31.0. The van der Waals surface area contributed by atoms with E-state index in [1.54, 1.807) is 24.8 Å². The molecule has 0 amide bonds. The Balaban J connectivity index is 1.16. The summed E-state index contributed by atoms with van der Waals surface area (Å²) in [5, 5.41) is 24.6. The second kappa shape index (κ2) is 24.2. The highest BCUT2D eigenvalue weighted by molar-refractivity contribution is 9.10. The summed E-state index contributed by atoms with van der Waals surface area (Å²) < 4.78 is 26.4. The van der Waals surface area contributed by atoms with Crippen LogP contribution in [0.5, 0.6) is 23.5 Å². The van der Waals surface area contributed by atoms with Crippen LogP contribution in [0.25, 0.3) is 11.1 Å². The lowest BCUT2D eigenvalue weighted by Gasteiger charge is -2.18. The molecule has 334 valence electrons. The van der Waals surface area contributed by atoms with Crippen molar-refractivity contribution in [2.75, 3.05) is 13.1 Å². The van der Waals surface area contributed by atoms with Crippen LogP contribution in [0.4, 0.5) is 0 Å². The SMILES string of the molecule is Cc1c(COc2nc(OCc3cccnc3)c(CNCCCC(=O)O)cc2Br)cccc1-c1cccc(COc2nc(OCc3cccnc3)c(CNCCCC(=O)O)cc2Br)c1C. The number of carboxylic acid groups (broad SMARTS) is 2. The smallest absolute Gasteiger partial charge is 0.303 e. The summed E-state index contributed by atoms with van der Waals surface area (Å²) in [6.07, 6.45) is 8.07. The summed E-state index contributed by atoms with van der Waals surface area (Å²) >= 11 is 7.31. The van der Waals surface area contributed by atoms with Crippen LogP contribution in [-0.2, 0) is 49.1 Å². The summed E-state index contributed by atoms with van der Waals surface area (Å²) in [7, 11) is 0. The van der Waals surface area contributed by atoms with Gasteiger partial charge in [-0.05, 0) is 129 Å². The standard InChI is InChI=1S/C48H50Br2N6O8/c1-31-35(29-63-47-41(49)21-37(25-53-19-7-15-43(57)58)45(55-47)61-27-33-9-5-17-51-23-33)11-3-13-39(31)40-14-4-12-36(32(40)2)30-64-48-42(50)22-38(26-54-20-8-16-44(59)60)46(56-48)62-28-34-10-6-18-52-24-34/h3-6,9-14,17-18,21-24,53-54H,7-8,15-16,19-20,25-30H2,1-2H3,(H,57,58)(H,59,60). The van der Waals surface area contributed by atoms with Gasteiger partial charge >= 0.3 is 11.9 Å². The lowest BCUT2D eigenvalue weighted by molar-refractivity contribution is -0.138. The molecule has 0 atom stereocenters. The molecule has 6 rings (SSSR count). The fourth-order valence-corrected chi connectivity index (χ4v) is 7.65. The molecule has 4 N–H and O–H groups in total. The van der Waals surface area contributed by atoms with Crippen LogP contribution in [-0.4, -0.2) is 55.2 Å². The zero-order chi connectivity index (χ0) is 45.3. The van der Waals surface area contributed by atoms with Crippen LogP contribution in [0.2, 0.25) is 0 Å². The molecule has 14 nitrogen and oxygen atoms in total. The highest BCUT2D eigenvalue weighted by Gasteiger charge is 2.18. The topological polar surface area (TPSA) is 187 Å². The van der Waals surface area contributed by atoms with Crippen molar-refractivity contribution in [3.8, 4) is 34.6 Å². The lowest BCUT2D eigenvalue weighted by atomic mass is 9.92. The van der Waals surface area contributed by atoms with Crippen molar-refractivity contribution in [1.82, 2.24) is 30.6 Å². The van der Waals surface area contributed by atoms with Crippen LogP contribution >= 0.6 is 31.9 Å². The van der Waals surface area contributed by atoms with E-state index in [1.807, 2.05) is 60.7 Å². The van der Waals surface area contributed by atoms with E-state index in [-0.39, 0.29) is 39.3 Å². The van der Waals surface area contributed by atoms with E-state index in [0.29, 0.717) is 71.5 Å². The minimum absolute atomic E-state index is 0.0869. The molecule has 16 heteroatoms. The minimum atomic E-state index is -0.828. The third kappa shape index (κ3) is 14.0. The second-order valence-corrected chi connectivity index (χ2v) is 16.6. The Morgan fingerprint density at radius 1 is 0.562 bits per heavy atom. The normalized spacial score (nSPS) is 11.0. The number of ether oxygens (including phenoxy) is 4. The van der Waals surface area contributed by atoms with Crippen molar-refractivity contribution in [3.05, 3.63) is 151 Å². The fourth-order valence-electron chi connectivity index (χ4n) is 6.69. The van der Waals surface area contributed by atoms with Crippen molar-refractivity contribution >= 4 is 43.8 Å². The number of halogens is 2. The molecule has 0 unspecified atom stereocenters. The Kier molecular flexibility index (Phi) is 18.0. The van der Waals surface area contributed by atoms with Crippen molar-refractivity contribution in [2.24, 2.45) is 0 Å². The highest BCUT2D eigenvalue weighted by Crippen LogP contribution is 2.35. The summed E-state index contributed by atoms with van der Waals surface area (Å²) in [5.74, 6) is -0.0953. The molecule has 0 saturated carbocycles. The van der Waals surface area contributed by atoms with Crippen LogP contribution in [0.1, 0.15) is 70.2 Å². The maximum Gasteiger partial charge on any atom is 0.303 e. The largest absolute Gasteiger partial charge is 0.481 e.